The van der Waals surface area contributed by atoms with Gasteiger partial charge in [-0.25, -0.2) is 0 Å². The van der Waals surface area contributed by atoms with Crippen LogP contribution in [0, 0.1) is 10.1 Å². The Morgan fingerprint density at radius 1 is 1.54 bits per heavy atom. The zero-order valence-electron chi connectivity index (χ0n) is 6.34. The molecule has 7 nitrogen and oxygen atoms in total. The summed E-state index contributed by atoms with van der Waals surface area (Å²) in [5, 5.41) is 28.3. The lowest BCUT2D eigenvalue weighted by molar-refractivity contribution is -0.424. The largest absolute Gasteiger partial charge is 0.499 e. The van der Waals surface area contributed by atoms with Crippen LogP contribution in [0.4, 0.5) is 0 Å². The molecule has 1 aliphatic rings. The molecule has 0 saturated heterocycles. The first-order chi connectivity index (χ1) is 6.07. The minimum atomic E-state index is -0.885. The molecule has 0 radical (unpaired) electrons. The molecule has 0 aromatic rings. The number of nitro groups is 1. The average molecular weight is 183 g/mol. The molecule has 7 heteroatoms. The van der Waals surface area contributed by atoms with Crippen molar-refractivity contribution in [1.82, 2.24) is 0 Å². The zero-order valence-corrected chi connectivity index (χ0v) is 6.34. The molecule has 0 amide bonds. The number of hydrogen-bond acceptors (Lipinski definition) is 4. The van der Waals surface area contributed by atoms with Gasteiger partial charge in [-0.2, -0.15) is 4.79 Å². The predicted molar refractivity (Wildman–Crippen MR) is 40.6 cm³/mol. The maximum atomic E-state index is 10.2. The number of rotatable bonds is 1. The van der Waals surface area contributed by atoms with Crippen molar-refractivity contribution in [2.24, 2.45) is 0 Å². The molecule has 0 fully saturated rings. The molecule has 0 aliphatic heterocycles. The number of hydrogen-bond donors (Lipinski definition) is 2. The van der Waals surface area contributed by atoms with Gasteiger partial charge in [-0.15, -0.1) is 0 Å². The van der Waals surface area contributed by atoms with Crippen LogP contribution in [0.1, 0.15) is 6.42 Å². The van der Waals surface area contributed by atoms with Gasteiger partial charge < -0.3 is 15.7 Å². The third-order valence-electron chi connectivity index (χ3n) is 1.55. The fraction of sp³-hybridized carbons (Fsp3) is 0.167. The first-order valence-corrected chi connectivity index (χ1v) is 3.26. The summed E-state index contributed by atoms with van der Waals surface area (Å²) in [5.41, 5.74) is 7.49. The van der Waals surface area contributed by atoms with Crippen LogP contribution in [-0.4, -0.2) is 25.6 Å². The molecule has 0 heterocycles. The second kappa shape index (κ2) is 3.08. The van der Waals surface area contributed by atoms with Crippen molar-refractivity contribution in [2.75, 3.05) is 0 Å². The highest BCUT2D eigenvalue weighted by molar-refractivity contribution is 5.96. The molecular formula is C6H5N3O4. The molecule has 1 rings (SSSR count). The lowest BCUT2D eigenvalue weighted by atomic mass is 10.1. The van der Waals surface area contributed by atoms with Gasteiger partial charge in [0.15, 0.2) is 0 Å². The summed E-state index contributed by atoms with van der Waals surface area (Å²) in [6.45, 7) is 0. The molecule has 13 heavy (non-hydrogen) atoms. The standard InChI is InChI=1S/C6H5N3O4/c7-8-3-1-2-4(9(12)13)6(11)5(3)10/h2,10-11H,1H2. The van der Waals surface area contributed by atoms with Crippen molar-refractivity contribution in [2.45, 2.75) is 6.42 Å². The third-order valence-corrected chi connectivity index (χ3v) is 1.55. The van der Waals surface area contributed by atoms with Crippen molar-refractivity contribution in [3.8, 4) is 0 Å². The van der Waals surface area contributed by atoms with Crippen LogP contribution in [0.15, 0.2) is 23.3 Å². The van der Waals surface area contributed by atoms with E-state index in [1.54, 1.807) is 0 Å². The Balaban J connectivity index is 3.20. The SMILES string of the molecule is [N-]=[N+]=C1CC=C([N+](=O)[O-])C(O)=C1O. The molecule has 0 aromatic heterocycles. The highest BCUT2D eigenvalue weighted by atomic mass is 16.6. The Morgan fingerprint density at radius 2 is 2.15 bits per heavy atom. The molecule has 0 aromatic carbocycles. The molecule has 0 saturated carbocycles. The van der Waals surface area contributed by atoms with E-state index >= 15 is 0 Å². The molecule has 2 N–H and O–H groups in total. The number of nitrogens with zero attached hydrogens (tertiary/aromatic N) is 3. The fourth-order valence-electron chi connectivity index (χ4n) is 0.894. The van der Waals surface area contributed by atoms with E-state index in [2.05, 4.69) is 4.79 Å². The molecule has 0 spiro atoms. The first kappa shape index (κ1) is 8.95. The second-order valence-corrected chi connectivity index (χ2v) is 2.29. The topological polar surface area (TPSA) is 120 Å². The van der Waals surface area contributed by atoms with E-state index < -0.39 is 22.1 Å². The smallest absolute Gasteiger partial charge is 0.341 e. The van der Waals surface area contributed by atoms with Crippen molar-refractivity contribution in [3.63, 3.8) is 0 Å². The minimum Gasteiger partial charge on any atom is -0.499 e. The van der Waals surface area contributed by atoms with E-state index in [0.29, 0.717) is 0 Å². The van der Waals surface area contributed by atoms with E-state index in [0.717, 1.165) is 6.08 Å². The van der Waals surface area contributed by atoms with Crippen molar-refractivity contribution < 1.29 is 19.9 Å². The highest BCUT2D eigenvalue weighted by Gasteiger charge is 2.32. The maximum absolute atomic E-state index is 10.2. The minimum absolute atomic E-state index is 0.0945. The van der Waals surface area contributed by atoms with Crippen LogP contribution < -0.4 is 0 Å². The number of aliphatic hydroxyl groups is 2. The van der Waals surface area contributed by atoms with Crippen molar-refractivity contribution >= 4 is 5.71 Å². The maximum Gasteiger partial charge on any atom is 0.341 e. The summed E-state index contributed by atoms with van der Waals surface area (Å²) >= 11 is 0. The lowest BCUT2D eigenvalue weighted by Gasteiger charge is -2.03. The lowest BCUT2D eigenvalue weighted by Crippen LogP contribution is -2.16. The Labute approximate surface area is 72.0 Å². The highest BCUT2D eigenvalue weighted by Crippen LogP contribution is 2.18. The zero-order chi connectivity index (χ0) is 10.0. The summed E-state index contributed by atoms with van der Waals surface area (Å²) in [6.07, 6.45) is 0.951. The normalized spacial score (nSPS) is 16.6. The molecule has 0 atom stereocenters. The van der Waals surface area contributed by atoms with Crippen molar-refractivity contribution in [3.05, 3.63) is 38.9 Å². The fourth-order valence-corrected chi connectivity index (χ4v) is 0.894. The van der Waals surface area contributed by atoms with Gasteiger partial charge in [0.2, 0.25) is 5.76 Å². The van der Waals surface area contributed by atoms with E-state index in [1.165, 1.54) is 0 Å². The van der Waals surface area contributed by atoms with Crippen molar-refractivity contribution in [1.29, 1.82) is 0 Å². The van der Waals surface area contributed by atoms with Gasteiger partial charge in [0.05, 0.1) is 11.3 Å². The van der Waals surface area contributed by atoms with Crippen LogP contribution in [0.3, 0.4) is 0 Å². The summed E-state index contributed by atoms with van der Waals surface area (Å²) in [7, 11) is 0. The van der Waals surface area contributed by atoms with E-state index in [9.17, 15) is 10.1 Å². The Hall–Kier alpha value is -2.14. The van der Waals surface area contributed by atoms with Crippen LogP contribution in [0.5, 0.6) is 0 Å². The van der Waals surface area contributed by atoms with Gasteiger partial charge in [-0.1, -0.05) is 0 Å². The number of allylic oxidation sites excluding steroid dienone is 2. The monoisotopic (exact) mass is 183 g/mol. The van der Waals surface area contributed by atoms with Gasteiger partial charge in [0, 0.05) is 6.08 Å². The Kier molecular flexibility index (Phi) is 2.12. The van der Waals surface area contributed by atoms with Crippen LogP contribution in [0.25, 0.3) is 5.53 Å². The van der Waals surface area contributed by atoms with Gasteiger partial charge in [0.25, 0.3) is 5.76 Å². The molecule has 68 valence electrons. The number of aliphatic hydroxyl groups excluding tert-OH is 2. The van der Waals surface area contributed by atoms with Crippen LogP contribution in [-0.2, 0) is 0 Å². The first-order valence-electron chi connectivity index (χ1n) is 3.26. The van der Waals surface area contributed by atoms with Crippen LogP contribution in [0.2, 0.25) is 0 Å². The molecular weight excluding hydrogens is 178 g/mol. The Bertz CT molecular complexity index is 375. The molecule has 1 aliphatic carbocycles. The van der Waals surface area contributed by atoms with E-state index in [1.807, 2.05) is 0 Å². The summed E-state index contributed by atoms with van der Waals surface area (Å²) in [5.74, 6) is -1.65. The van der Waals surface area contributed by atoms with Gasteiger partial charge in [-0.3, -0.25) is 10.1 Å². The quantitative estimate of drug-likeness (QED) is 0.267. The van der Waals surface area contributed by atoms with Gasteiger partial charge in [-0.05, 0) is 0 Å². The van der Waals surface area contributed by atoms with E-state index in [4.69, 9.17) is 15.7 Å². The molecule has 0 unspecified atom stereocenters. The van der Waals surface area contributed by atoms with Gasteiger partial charge in [0.1, 0.15) is 0 Å². The summed E-state index contributed by atoms with van der Waals surface area (Å²) < 4.78 is 0. The Morgan fingerprint density at radius 3 is 2.62 bits per heavy atom. The third kappa shape index (κ3) is 1.40. The summed E-state index contributed by atoms with van der Waals surface area (Å²) in [6, 6.07) is 0. The summed E-state index contributed by atoms with van der Waals surface area (Å²) in [4.78, 5) is 12.1. The average Bonchev–Trinajstić information content (AvgIpc) is 2.09. The van der Waals surface area contributed by atoms with E-state index in [-0.39, 0.29) is 12.1 Å². The van der Waals surface area contributed by atoms with Crippen LogP contribution >= 0.6 is 0 Å². The molecule has 0 bridgehead atoms. The second-order valence-electron chi connectivity index (χ2n) is 2.29. The van der Waals surface area contributed by atoms with Gasteiger partial charge >= 0.3 is 11.4 Å². The predicted octanol–water partition coefficient (Wildman–Crippen LogP) is 0.549.